The van der Waals surface area contributed by atoms with Gasteiger partial charge in [-0.25, -0.2) is 17.8 Å². The van der Waals surface area contributed by atoms with Crippen molar-refractivity contribution in [2.75, 3.05) is 6.54 Å². The fourth-order valence-corrected chi connectivity index (χ4v) is 6.07. The normalized spacial score (nSPS) is 22.4. The molecule has 7 nitrogen and oxygen atoms in total. The van der Waals surface area contributed by atoms with Gasteiger partial charge in [0.05, 0.1) is 21.9 Å². The van der Waals surface area contributed by atoms with Gasteiger partial charge in [0.1, 0.15) is 29.1 Å². The number of pyridine rings is 1. The molecule has 2 aliphatic heterocycles. The summed E-state index contributed by atoms with van der Waals surface area (Å²) in [5, 5.41) is -0.580. The monoisotopic (exact) mass is 504 g/mol. The summed E-state index contributed by atoms with van der Waals surface area (Å²) in [7, 11) is -3.50. The molecule has 1 unspecified atom stereocenters. The second kappa shape index (κ2) is 9.50. The number of hydrogen-bond donors (Lipinski definition) is 0. The van der Waals surface area contributed by atoms with E-state index in [0.29, 0.717) is 43.7 Å². The van der Waals surface area contributed by atoms with Crippen molar-refractivity contribution in [3.05, 3.63) is 53.1 Å². The Morgan fingerprint density at radius 3 is 2.60 bits per heavy atom. The lowest BCUT2D eigenvalue weighted by atomic mass is 9.82. The predicted octanol–water partition coefficient (Wildman–Crippen LogP) is 4.46. The number of ether oxygens (including phenoxy) is 2. The Hall–Kier alpha value is -2.52. The lowest BCUT2D eigenvalue weighted by Crippen LogP contribution is -2.57. The summed E-state index contributed by atoms with van der Waals surface area (Å²) in [5.74, 6) is 0.0973. The Morgan fingerprint density at radius 1 is 1.20 bits per heavy atom. The van der Waals surface area contributed by atoms with Crippen LogP contribution in [0.1, 0.15) is 68.7 Å². The van der Waals surface area contributed by atoms with E-state index in [9.17, 15) is 17.6 Å². The van der Waals surface area contributed by atoms with Crippen LogP contribution in [0.4, 0.5) is 4.39 Å². The minimum absolute atomic E-state index is 0.122. The van der Waals surface area contributed by atoms with Crippen molar-refractivity contribution in [2.24, 2.45) is 0 Å². The van der Waals surface area contributed by atoms with Crippen molar-refractivity contribution in [3.63, 3.8) is 0 Å². The van der Waals surface area contributed by atoms with Gasteiger partial charge in [-0.1, -0.05) is 0 Å². The number of rotatable bonds is 5. The van der Waals surface area contributed by atoms with E-state index in [4.69, 9.17) is 9.47 Å². The third kappa shape index (κ3) is 5.07. The molecule has 1 aromatic carbocycles. The van der Waals surface area contributed by atoms with Gasteiger partial charge >= 0.3 is 0 Å². The number of aryl methyl sites for hydroxylation is 2. The minimum Gasteiger partial charge on any atom is -0.487 e. The minimum atomic E-state index is -3.50. The average Bonchev–Trinajstić information content (AvgIpc) is 2.78. The molecule has 0 aliphatic carbocycles. The number of piperidine rings is 1. The molecule has 35 heavy (non-hydrogen) atoms. The topological polar surface area (TPSA) is 85.8 Å². The number of nitrogens with zero attached hydrogens (tertiary/aromatic N) is 2. The first kappa shape index (κ1) is 25.6. The zero-order valence-corrected chi connectivity index (χ0v) is 21.7. The highest BCUT2D eigenvalue weighted by molar-refractivity contribution is 7.92. The lowest BCUT2D eigenvalue weighted by molar-refractivity contribution is -0.141. The number of halogens is 1. The van der Waals surface area contributed by atoms with Crippen molar-refractivity contribution in [1.82, 2.24) is 9.88 Å². The zero-order chi connectivity index (χ0) is 25.5. The number of aromatic nitrogens is 1. The van der Waals surface area contributed by atoms with Gasteiger partial charge in [0.2, 0.25) is 0 Å². The van der Waals surface area contributed by atoms with E-state index in [-0.39, 0.29) is 28.4 Å². The molecule has 9 heteroatoms. The van der Waals surface area contributed by atoms with Crippen LogP contribution in [0, 0.1) is 12.7 Å². The highest BCUT2D eigenvalue weighted by Gasteiger charge is 2.46. The standard InChI is InChI=1S/C26H33FN2O5S/c1-16(2)33-24-15-26(11-10-19-14-20(27)6-8-22(19)34-26)12-13-29(24)25(30)21-7-9-23(18(5)28-21)35(31,32)17(3)4/h6-9,14,16-17,24H,10-13,15H2,1-5H3/t24-,26?/m1/s1. The van der Waals surface area contributed by atoms with E-state index in [1.54, 1.807) is 31.7 Å². The summed E-state index contributed by atoms with van der Waals surface area (Å²) in [6.07, 6.45) is 1.84. The van der Waals surface area contributed by atoms with E-state index in [2.05, 4.69) is 4.98 Å². The fraction of sp³-hybridized carbons (Fsp3) is 0.538. The van der Waals surface area contributed by atoms with Crippen LogP contribution in [-0.2, 0) is 21.0 Å². The van der Waals surface area contributed by atoms with E-state index in [0.717, 1.165) is 5.56 Å². The van der Waals surface area contributed by atoms with Gasteiger partial charge < -0.3 is 14.4 Å². The summed E-state index contributed by atoms with van der Waals surface area (Å²) >= 11 is 0. The number of sulfone groups is 1. The van der Waals surface area contributed by atoms with Crippen LogP contribution in [0.3, 0.4) is 0 Å². The maximum Gasteiger partial charge on any atom is 0.274 e. The molecule has 0 bridgehead atoms. The molecule has 2 atom stereocenters. The fourth-order valence-electron chi connectivity index (χ4n) is 4.85. The molecular weight excluding hydrogens is 471 g/mol. The molecule has 0 N–H and O–H groups in total. The Labute approximate surface area is 206 Å². The molecule has 1 saturated heterocycles. The summed E-state index contributed by atoms with van der Waals surface area (Å²) in [4.78, 5) is 19.7. The Balaban J connectivity index is 1.58. The molecule has 1 spiro atoms. The summed E-state index contributed by atoms with van der Waals surface area (Å²) in [5.41, 5.74) is 0.842. The van der Waals surface area contributed by atoms with Crippen molar-refractivity contribution >= 4 is 15.7 Å². The second-order valence-corrected chi connectivity index (χ2v) is 12.5. The summed E-state index contributed by atoms with van der Waals surface area (Å²) in [6.45, 7) is 9.07. The third-order valence-corrected chi connectivity index (χ3v) is 9.06. The van der Waals surface area contributed by atoms with Crippen LogP contribution in [-0.4, -0.2) is 53.9 Å². The molecule has 1 amide bonds. The number of likely N-dealkylation sites (tertiary alicyclic amines) is 1. The number of hydrogen-bond acceptors (Lipinski definition) is 6. The van der Waals surface area contributed by atoms with Gasteiger partial charge in [0.25, 0.3) is 5.91 Å². The molecule has 190 valence electrons. The van der Waals surface area contributed by atoms with Crippen molar-refractivity contribution in [3.8, 4) is 5.75 Å². The van der Waals surface area contributed by atoms with Gasteiger partial charge in [0.15, 0.2) is 9.84 Å². The molecular formula is C26H33FN2O5S. The molecule has 2 aliphatic rings. The van der Waals surface area contributed by atoms with Crippen LogP contribution in [0.15, 0.2) is 35.2 Å². The number of fused-ring (bicyclic) bond motifs is 1. The first-order valence-electron chi connectivity index (χ1n) is 12.1. The predicted molar refractivity (Wildman–Crippen MR) is 130 cm³/mol. The highest BCUT2D eigenvalue weighted by Crippen LogP contribution is 2.42. The zero-order valence-electron chi connectivity index (χ0n) is 20.9. The number of carbonyl (C=O) groups is 1. The second-order valence-electron chi connectivity index (χ2n) is 10.0. The molecule has 1 aromatic heterocycles. The molecule has 3 heterocycles. The molecule has 2 aromatic rings. The Morgan fingerprint density at radius 2 is 1.94 bits per heavy atom. The SMILES string of the molecule is Cc1nc(C(=O)N2CCC3(CCc4cc(F)ccc4O3)C[C@H]2OC(C)C)ccc1S(=O)(=O)C(C)C. The Bertz CT molecular complexity index is 1230. The van der Waals surface area contributed by atoms with Gasteiger partial charge in [-0.2, -0.15) is 0 Å². The maximum absolute atomic E-state index is 13.6. The Kier molecular flexibility index (Phi) is 6.94. The maximum atomic E-state index is 13.6. The first-order valence-corrected chi connectivity index (χ1v) is 13.6. The summed E-state index contributed by atoms with van der Waals surface area (Å²) in [6, 6.07) is 7.52. The summed E-state index contributed by atoms with van der Waals surface area (Å²) < 4.78 is 51.4. The largest absolute Gasteiger partial charge is 0.487 e. The number of carbonyl (C=O) groups excluding carboxylic acids is 1. The molecule has 0 radical (unpaired) electrons. The van der Waals surface area contributed by atoms with Crippen LogP contribution in [0.2, 0.25) is 0 Å². The van der Waals surface area contributed by atoms with Gasteiger partial charge in [-0.15, -0.1) is 0 Å². The van der Waals surface area contributed by atoms with Crippen LogP contribution in [0.25, 0.3) is 0 Å². The van der Waals surface area contributed by atoms with Crippen molar-refractivity contribution in [2.45, 2.75) is 88.4 Å². The number of amides is 1. The average molecular weight is 505 g/mol. The van der Waals surface area contributed by atoms with Gasteiger partial charge in [-0.05, 0) is 83.4 Å². The molecule has 1 fully saturated rings. The quantitative estimate of drug-likeness (QED) is 0.598. The van der Waals surface area contributed by atoms with E-state index in [1.165, 1.54) is 24.3 Å². The van der Waals surface area contributed by atoms with Crippen LogP contribution in [0.5, 0.6) is 5.75 Å². The van der Waals surface area contributed by atoms with E-state index >= 15 is 0 Å². The first-order chi connectivity index (χ1) is 16.4. The molecule has 4 rings (SSSR count). The van der Waals surface area contributed by atoms with E-state index < -0.39 is 26.9 Å². The van der Waals surface area contributed by atoms with Crippen LogP contribution >= 0.6 is 0 Å². The van der Waals surface area contributed by atoms with Gasteiger partial charge in [0, 0.05) is 19.4 Å². The lowest BCUT2D eigenvalue weighted by Gasteiger charge is -2.48. The third-order valence-electron chi connectivity index (χ3n) is 6.78. The smallest absolute Gasteiger partial charge is 0.274 e. The van der Waals surface area contributed by atoms with Crippen molar-refractivity contribution < 1.29 is 27.1 Å². The van der Waals surface area contributed by atoms with Crippen LogP contribution < -0.4 is 4.74 Å². The van der Waals surface area contributed by atoms with Crippen molar-refractivity contribution in [1.29, 1.82) is 0 Å². The van der Waals surface area contributed by atoms with Gasteiger partial charge in [-0.3, -0.25) is 4.79 Å². The number of benzene rings is 1. The molecule has 0 saturated carbocycles. The highest BCUT2D eigenvalue weighted by atomic mass is 32.2. The van der Waals surface area contributed by atoms with E-state index in [1.807, 2.05) is 13.8 Å².